The van der Waals surface area contributed by atoms with Crippen molar-refractivity contribution in [3.8, 4) is 11.5 Å². The molecule has 6 heteroatoms. The van der Waals surface area contributed by atoms with Crippen LogP contribution in [-0.4, -0.2) is 49.3 Å². The molecule has 110 valence electrons. The Labute approximate surface area is 118 Å². The summed E-state index contributed by atoms with van der Waals surface area (Å²) in [7, 11) is 3.01. The Morgan fingerprint density at radius 3 is 2.60 bits per heavy atom. The van der Waals surface area contributed by atoms with Gasteiger partial charge in [0, 0.05) is 18.7 Å². The van der Waals surface area contributed by atoms with Gasteiger partial charge in [-0.05, 0) is 18.9 Å². The van der Waals surface area contributed by atoms with Crippen LogP contribution in [0.25, 0.3) is 0 Å². The van der Waals surface area contributed by atoms with Gasteiger partial charge in [-0.25, -0.2) is 0 Å². The lowest BCUT2D eigenvalue weighted by Crippen LogP contribution is -2.36. The summed E-state index contributed by atoms with van der Waals surface area (Å²) in [5, 5.41) is 9.11. The van der Waals surface area contributed by atoms with E-state index >= 15 is 0 Å². The Balaban J connectivity index is 2.36. The number of nitrogen functional groups attached to an aromatic ring is 1. The number of nitrogens with two attached hydrogens (primary N) is 1. The van der Waals surface area contributed by atoms with Gasteiger partial charge in [0.15, 0.2) is 0 Å². The maximum absolute atomic E-state index is 12.6. The number of nitrogens with zero attached hydrogens (tertiary/aromatic N) is 1. The molecule has 20 heavy (non-hydrogen) atoms. The van der Waals surface area contributed by atoms with Crippen LogP contribution in [0.3, 0.4) is 0 Å². The molecule has 1 saturated carbocycles. The quantitative estimate of drug-likeness (QED) is 0.756. The number of rotatable bonds is 6. The van der Waals surface area contributed by atoms with E-state index in [0.717, 1.165) is 12.8 Å². The molecule has 0 bridgehead atoms. The van der Waals surface area contributed by atoms with Crippen LogP contribution in [0.1, 0.15) is 23.2 Å². The molecule has 0 spiro atoms. The van der Waals surface area contributed by atoms with Gasteiger partial charge in [0.2, 0.25) is 0 Å². The van der Waals surface area contributed by atoms with Gasteiger partial charge in [-0.1, -0.05) is 0 Å². The third-order valence-corrected chi connectivity index (χ3v) is 3.39. The number of amides is 1. The Kier molecular flexibility index (Phi) is 4.34. The van der Waals surface area contributed by atoms with E-state index in [1.165, 1.54) is 14.2 Å². The van der Waals surface area contributed by atoms with Crippen LogP contribution in [0.15, 0.2) is 12.1 Å². The first-order valence-electron chi connectivity index (χ1n) is 6.55. The zero-order valence-corrected chi connectivity index (χ0v) is 11.8. The van der Waals surface area contributed by atoms with E-state index in [1.807, 2.05) is 0 Å². The third-order valence-electron chi connectivity index (χ3n) is 3.39. The number of carbonyl (C=O) groups is 1. The van der Waals surface area contributed by atoms with Gasteiger partial charge < -0.3 is 25.2 Å². The number of hydrogen-bond donors (Lipinski definition) is 2. The molecule has 0 aliphatic heterocycles. The molecule has 1 aliphatic rings. The Hall–Kier alpha value is -1.95. The van der Waals surface area contributed by atoms with Crippen LogP contribution in [-0.2, 0) is 0 Å². The van der Waals surface area contributed by atoms with E-state index in [9.17, 15) is 4.79 Å². The van der Waals surface area contributed by atoms with E-state index in [-0.39, 0.29) is 18.6 Å². The number of carbonyl (C=O) groups excluding carboxylic acids is 1. The molecule has 0 saturated heterocycles. The number of benzene rings is 1. The summed E-state index contributed by atoms with van der Waals surface area (Å²) in [5.41, 5.74) is 6.62. The molecule has 0 unspecified atom stereocenters. The van der Waals surface area contributed by atoms with E-state index in [4.69, 9.17) is 20.3 Å². The average molecular weight is 280 g/mol. The third kappa shape index (κ3) is 2.80. The summed E-state index contributed by atoms with van der Waals surface area (Å²) in [6, 6.07) is 3.44. The van der Waals surface area contributed by atoms with Crippen molar-refractivity contribution in [3.63, 3.8) is 0 Å². The largest absolute Gasteiger partial charge is 0.497 e. The van der Waals surface area contributed by atoms with Crippen LogP contribution in [0.4, 0.5) is 5.69 Å². The first-order chi connectivity index (χ1) is 9.62. The van der Waals surface area contributed by atoms with Gasteiger partial charge in [-0.15, -0.1) is 0 Å². The van der Waals surface area contributed by atoms with Crippen molar-refractivity contribution in [3.05, 3.63) is 17.7 Å². The highest BCUT2D eigenvalue weighted by Gasteiger charge is 2.33. The zero-order valence-electron chi connectivity index (χ0n) is 11.8. The molecular formula is C14H20N2O4. The summed E-state index contributed by atoms with van der Waals surface area (Å²) in [6.45, 7) is 0.242. The molecule has 2 rings (SSSR count). The molecule has 1 aromatic carbocycles. The minimum atomic E-state index is -0.198. The first-order valence-corrected chi connectivity index (χ1v) is 6.55. The highest BCUT2D eigenvalue weighted by atomic mass is 16.5. The SMILES string of the molecule is COc1cc(OC)c(N)c(C(=O)N(CCO)C2CC2)c1. The minimum Gasteiger partial charge on any atom is -0.497 e. The van der Waals surface area contributed by atoms with Crippen molar-refractivity contribution in [2.24, 2.45) is 0 Å². The number of ether oxygens (including phenoxy) is 2. The van der Waals surface area contributed by atoms with Crippen LogP contribution in [0.2, 0.25) is 0 Å². The second kappa shape index (κ2) is 6.00. The van der Waals surface area contributed by atoms with Gasteiger partial charge in [-0.3, -0.25) is 4.79 Å². The van der Waals surface area contributed by atoms with Crippen LogP contribution >= 0.6 is 0 Å². The summed E-state index contributed by atoms with van der Waals surface area (Å²) in [5.74, 6) is 0.725. The van der Waals surface area contributed by atoms with E-state index in [1.54, 1.807) is 17.0 Å². The van der Waals surface area contributed by atoms with Gasteiger partial charge in [0.1, 0.15) is 11.5 Å². The monoisotopic (exact) mass is 280 g/mol. The van der Waals surface area contributed by atoms with E-state index in [2.05, 4.69) is 0 Å². The molecule has 1 amide bonds. The standard InChI is InChI=1S/C14H20N2O4/c1-19-10-7-11(13(15)12(8-10)20-2)14(18)16(5-6-17)9-3-4-9/h7-9,17H,3-6,15H2,1-2H3. The topological polar surface area (TPSA) is 85.0 Å². The molecule has 0 aromatic heterocycles. The molecule has 1 aliphatic carbocycles. The highest BCUT2D eigenvalue weighted by molar-refractivity contribution is 6.01. The summed E-state index contributed by atoms with van der Waals surface area (Å²) in [6.07, 6.45) is 1.93. The normalized spacial score (nSPS) is 13.9. The Morgan fingerprint density at radius 2 is 2.10 bits per heavy atom. The molecular weight excluding hydrogens is 260 g/mol. The second-order valence-electron chi connectivity index (χ2n) is 4.74. The summed E-state index contributed by atoms with van der Waals surface area (Å²) >= 11 is 0. The lowest BCUT2D eigenvalue weighted by Gasteiger charge is -2.23. The Bertz CT molecular complexity index is 500. The van der Waals surface area contributed by atoms with Crippen LogP contribution < -0.4 is 15.2 Å². The molecule has 1 aromatic rings. The number of aliphatic hydroxyl groups excluding tert-OH is 1. The lowest BCUT2D eigenvalue weighted by molar-refractivity contribution is 0.0708. The van der Waals surface area contributed by atoms with Crippen molar-refractivity contribution in [2.75, 3.05) is 33.1 Å². The molecule has 3 N–H and O–H groups in total. The van der Waals surface area contributed by atoms with E-state index in [0.29, 0.717) is 29.3 Å². The average Bonchev–Trinajstić information content (AvgIpc) is 3.29. The second-order valence-corrected chi connectivity index (χ2v) is 4.74. The maximum Gasteiger partial charge on any atom is 0.256 e. The molecule has 0 atom stereocenters. The van der Waals surface area contributed by atoms with Crippen molar-refractivity contribution < 1.29 is 19.4 Å². The van der Waals surface area contributed by atoms with Gasteiger partial charge in [-0.2, -0.15) is 0 Å². The molecule has 1 fully saturated rings. The fourth-order valence-electron chi connectivity index (χ4n) is 2.16. The number of aliphatic hydroxyl groups is 1. The maximum atomic E-state index is 12.6. The van der Waals surface area contributed by atoms with Crippen molar-refractivity contribution in [1.82, 2.24) is 4.90 Å². The van der Waals surface area contributed by atoms with Crippen molar-refractivity contribution in [2.45, 2.75) is 18.9 Å². The van der Waals surface area contributed by atoms with Crippen molar-refractivity contribution in [1.29, 1.82) is 0 Å². The lowest BCUT2D eigenvalue weighted by atomic mass is 10.1. The smallest absolute Gasteiger partial charge is 0.256 e. The van der Waals surface area contributed by atoms with Gasteiger partial charge in [0.05, 0.1) is 32.1 Å². The molecule has 6 nitrogen and oxygen atoms in total. The number of hydrogen-bond acceptors (Lipinski definition) is 5. The number of methoxy groups -OCH3 is 2. The molecule has 0 heterocycles. The zero-order chi connectivity index (χ0) is 14.7. The highest BCUT2D eigenvalue weighted by Crippen LogP contribution is 2.34. The molecule has 0 radical (unpaired) electrons. The summed E-state index contributed by atoms with van der Waals surface area (Å²) < 4.78 is 10.3. The predicted molar refractivity (Wildman–Crippen MR) is 75.1 cm³/mol. The Morgan fingerprint density at radius 1 is 1.40 bits per heavy atom. The number of anilines is 1. The first kappa shape index (κ1) is 14.5. The fraction of sp³-hybridized carbons (Fsp3) is 0.500. The minimum absolute atomic E-state index is 0.0662. The van der Waals surface area contributed by atoms with Crippen molar-refractivity contribution >= 4 is 11.6 Å². The van der Waals surface area contributed by atoms with Gasteiger partial charge in [0.25, 0.3) is 5.91 Å². The summed E-state index contributed by atoms with van der Waals surface area (Å²) in [4.78, 5) is 14.3. The van der Waals surface area contributed by atoms with Gasteiger partial charge >= 0.3 is 0 Å². The van der Waals surface area contributed by atoms with E-state index < -0.39 is 0 Å². The predicted octanol–water partition coefficient (Wildman–Crippen LogP) is 0.883. The van der Waals surface area contributed by atoms with Crippen LogP contribution in [0.5, 0.6) is 11.5 Å². The van der Waals surface area contributed by atoms with Crippen LogP contribution in [0, 0.1) is 0 Å². The fourth-order valence-corrected chi connectivity index (χ4v) is 2.16.